The molecule has 1 saturated heterocycles. The lowest BCUT2D eigenvalue weighted by Crippen LogP contribution is -2.48. The van der Waals surface area contributed by atoms with Gasteiger partial charge in [-0.15, -0.1) is 0 Å². The fourth-order valence-electron chi connectivity index (χ4n) is 1.94. The van der Waals surface area contributed by atoms with Crippen LogP contribution >= 0.6 is 11.8 Å². The molecule has 0 bridgehead atoms. The zero-order valence-corrected chi connectivity index (χ0v) is 12.6. The van der Waals surface area contributed by atoms with Crippen LogP contribution in [0.5, 0.6) is 0 Å². The van der Waals surface area contributed by atoms with Gasteiger partial charge in [-0.3, -0.25) is 0 Å². The number of carbonyl (C=O) groups excluding carboxylic acids is 1. The maximum Gasteiger partial charge on any atom is 0.317 e. The van der Waals surface area contributed by atoms with E-state index >= 15 is 0 Å². The van der Waals surface area contributed by atoms with Crippen LogP contribution in [0.25, 0.3) is 0 Å². The van der Waals surface area contributed by atoms with Crippen molar-refractivity contribution in [1.29, 1.82) is 0 Å². The second-order valence-electron chi connectivity index (χ2n) is 5.03. The minimum atomic E-state index is 0.0957. The van der Waals surface area contributed by atoms with E-state index in [9.17, 15) is 4.79 Å². The lowest BCUT2D eigenvalue weighted by Gasteiger charge is -2.34. The maximum atomic E-state index is 12.0. The van der Waals surface area contributed by atoms with Gasteiger partial charge in [0.25, 0.3) is 0 Å². The summed E-state index contributed by atoms with van der Waals surface area (Å²) in [6.07, 6.45) is 1.98. The van der Waals surface area contributed by atoms with Crippen LogP contribution in [0.1, 0.15) is 26.7 Å². The lowest BCUT2D eigenvalue weighted by atomic mass is 10.1. The Balaban J connectivity index is 2.20. The van der Waals surface area contributed by atoms with Crippen LogP contribution < -0.4 is 5.32 Å². The molecule has 2 amide bonds. The molecule has 0 spiro atoms. The van der Waals surface area contributed by atoms with Crippen molar-refractivity contribution in [2.24, 2.45) is 5.92 Å². The number of hydrogen-bond acceptors (Lipinski definition) is 3. The topological polar surface area (TPSA) is 41.6 Å². The van der Waals surface area contributed by atoms with Crippen molar-refractivity contribution in [1.82, 2.24) is 10.2 Å². The van der Waals surface area contributed by atoms with Gasteiger partial charge in [-0.25, -0.2) is 4.79 Å². The summed E-state index contributed by atoms with van der Waals surface area (Å²) in [7, 11) is 1.70. The number of methoxy groups -OCH3 is 1. The van der Waals surface area contributed by atoms with Crippen molar-refractivity contribution < 1.29 is 9.53 Å². The Hall–Kier alpha value is -0.420. The normalized spacial score (nSPS) is 20.2. The summed E-state index contributed by atoms with van der Waals surface area (Å²) in [5, 5.41) is 3.57. The minimum Gasteiger partial charge on any atom is -0.385 e. The number of ether oxygens (including phenoxy) is 1. The van der Waals surface area contributed by atoms with Crippen molar-refractivity contribution >= 4 is 17.8 Å². The first-order valence-electron chi connectivity index (χ1n) is 6.78. The number of amides is 2. The Labute approximate surface area is 115 Å². The molecule has 18 heavy (non-hydrogen) atoms. The number of urea groups is 1. The number of rotatable bonds is 6. The molecule has 5 heteroatoms. The van der Waals surface area contributed by atoms with Crippen LogP contribution in [0.15, 0.2) is 0 Å². The van der Waals surface area contributed by atoms with E-state index in [2.05, 4.69) is 19.2 Å². The van der Waals surface area contributed by atoms with Crippen LogP contribution in [0.4, 0.5) is 4.79 Å². The maximum absolute atomic E-state index is 12.0. The Bertz CT molecular complexity index is 249. The molecule has 1 aliphatic heterocycles. The lowest BCUT2D eigenvalue weighted by molar-refractivity contribution is 0.187. The minimum absolute atomic E-state index is 0.0957. The molecule has 0 aliphatic carbocycles. The highest BCUT2D eigenvalue weighted by Gasteiger charge is 2.25. The van der Waals surface area contributed by atoms with Crippen LogP contribution in [0.3, 0.4) is 0 Å². The summed E-state index contributed by atoms with van der Waals surface area (Å²) >= 11 is 1.99. The highest BCUT2D eigenvalue weighted by molar-refractivity contribution is 8.00. The molecule has 4 nitrogen and oxygen atoms in total. The molecule has 1 rings (SSSR count). The smallest absolute Gasteiger partial charge is 0.317 e. The van der Waals surface area contributed by atoms with Crippen LogP contribution in [-0.4, -0.2) is 55.3 Å². The molecule has 0 aromatic carbocycles. The fourth-order valence-corrected chi connectivity index (χ4v) is 3.24. The third-order valence-corrected chi connectivity index (χ3v) is 4.72. The molecule has 0 radical (unpaired) electrons. The van der Waals surface area contributed by atoms with Crippen LogP contribution in [0.2, 0.25) is 0 Å². The van der Waals surface area contributed by atoms with Gasteiger partial charge in [0.1, 0.15) is 0 Å². The monoisotopic (exact) mass is 274 g/mol. The van der Waals surface area contributed by atoms with E-state index < -0.39 is 0 Å². The van der Waals surface area contributed by atoms with Gasteiger partial charge < -0.3 is 15.0 Å². The van der Waals surface area contributed by atoms with E-state index in [4.69, 9.17) is 4.74 Å². The van der Waals surface area contributed by atoms with Gasteiger partial charge >= 0.3 is 6.03 Å². The third kappa shape index (κ3) is 5.48. The van der Waals surface area contributed by atoms with Gasteiger partial charge in [-0.1, -0.05) is 13.8 Å². The number of thioether (sulfide) groups is 1. The Morgan fingerprint density at radius 3 is 2.94 bits per heavy atom. The van der Waals surface area contributed by atoms with Crippen molar-refractivity contribution in [2.75, 3.05) is 39.1 Å². The number of hydrogen-bond donors (Lipinski definition) is 1. The van der Waals surface area contributed by atoms with Crippen molar-refractivity contribution in [3.8, 4) is 0 Å². The molecule has 1 heterocycles. The molecule has 106 valence electrons. The van der Waals surface area contributed by atoms with Gasteiger partial charge in [0.2, 0.25) is 0 Å². The predicted octanol–water partition coefficient (Wildman–Crippen LogP) is 2.20. The van der Waals surface area contributed by atoms with Gasteiger partial charge in [0.05, 0.1) is 0 Å². The summed E-state index contributed by atoms with van der Waals surface area (Å²) in [4.78, 5) is 13.9. The van der Waals surface area contributed by atoms with Gasteiger partial charge in [0, 0.05) is 44.4 Å². The quantitative estimate of drug-likeness (QED) is 0.755. The van der Waals surface area contributed by atoms with E-state index in [-0.39, 0.29) is 6.03 Å². The second kappa shape index (κ2) is 8.64. The zero-order valence-electron chi connectivity index (χ0n) is 11.8. The Morgan fingerprint density at radius 1 is 1.50 bits per heavy atom. The van der Waals surface area contributed by atoms with Gasteiger partial charge in [0.15, 0.2) is 0 Å². The summed E-state index contributed by atoms with van der Waals surface area (Å²) in [6.45, 7) is 7.72. The second-order valence-corrected chi connectivity index (χ2v) is 6.38. The molecule has 0 saturated carbocycles. The first kappa shape index (κ1) is 15.6. The molecule has 1 N–H and O–H groups in total. The van der Waals surface area contributed by atoms with Gasteiger partial charge in [-0.2, -0.15) is 11.8 Å². The van der Waals surface area contributed by atoms with E-state index in [0.29, 0.717) is 11.2 Å². The van der Waals surface area contributed by atoms with Gasteiger partial charge in [-0.05, 0) is 18.8 Å². The molecule has 1 unspecified atom stereocenters. The van der Waals surface area contributed by atoms with E-state index in [1.165, 1.54) is 0 Å². The van der Waals surface area contributed by atoms with E-state index in [1.807, 2.05) is 16.7 Å². The SMILES string of the molecule is COCCCCNC(=O)N1CCSC(C(C)C)C1. The molecule has 0 aromatic heterocycles. The molecular weight excluding hydrogens is 248 g/mol. The number of nitrogens with zero attached hydrogens (tertiary/aromatic N) is 1. The average Bonchev–Trinajstić information content (AvgIpc) is 2.38. The van der Waals surface area contributed by atoms with Crippen molar-refractivity contribution in [3.05, 3.63) is 0 Å². The van der Waals surface area contributed by atoms with E-state index in [1.54, 1.807) is 7.11 Å². The summed E-state index contributed by atoms with van der Waals surface area (Å²) in [5.74, 6) is 1.69. The summed E-state index contributed by atoms with van der Waals surface area (Å²) < 4.78 is 4.98. The first-order valence-corrected chi connectivity index (χ1v) is 7.83. The molecule has 0 aromatic rings. The number of unbranched alkanes of at least 4 members (excludes halogenated alkanes) is 1. The highest BCUT2D eigenvalue weighted by atomic mass is 32.2. The summed E-state index contributed by atoms with van der Waals surface area (Å²) in [5.41, 5.74) is 0. The third-order valence-electron chi connectivity index (χ3n) is 3.18. The summed E-state index contributed by atoms with van der Waals surface area (Å²) in [6, 6.07) is 0.0957. The Morgan fingerprint density at radius 2 is 2.28 bits per heavy atom. The zero-order chi connectivity index (χ0) is 13.4. The Kier molecular flexibility index (Phi) is 7.51. The number of carbonyl (C=O) groups is 1. The fraction of sp³-hybridized carbons (Fsp3) is 0.923. The van der Waals surface area contributed by atoms with Crippen molar-refractivity contribution in [2.45, 2.75) is 31.9 Å². The standard InChI is InChI=1S/C13H26N2O2S/c1-11(2)12-10-15(7-9-18-12)13(16)14-6-4-5-8-17-3/h11-12H,4-10H2,1-3H3,(H,14,16). The molecule has 1 fully saturated rings. The van der Waals surface area contributed by atoms with Crippen LogP contribution in [-0.2, 0) is 4.74 Å². The predicted molar refractivity (Wildman–Crippen MR) is 77.2 cm³/mol. The van der Waals surface area contributed by atoms with Crippen LogP contribution in [0, 0.1) is 5.92 Å². The average molecular weight is 274 g/mol. The highest BCUT2D eigenvalue weighted by Crippen LogP contribution is 2.24. The largest absolute Gasteiger partial charge is 0.385 e. The first-order chi connectivity index (χ1) is 8.65. The van der Waals surface area contributed by atoms with E-state index in [0.717, 1.165) is 44.8 Å². The molecular formula is C13H26N2O2S. The van der Waals surface area contributed by atoms with Crippen molar-refractivity contribution in [3.63, 3.8) is 0 Å². The molecule has 1 aliphatic rings. The molecule has 1 atom stereocenters. The number of nitrogens with one attached hydrogen (secondary N) is 1.